The predicted molar refractivity (Wildman–Crippen MR) is 114 cm³/mol. The Bertz CT molecular complexity index is 894. The zero-order chi connectivity index (χ0) is 22.7. The number of imide groups is 1. The van der Waals surface area contributed by atoms with Crippen LogP contribution in [0.15, 0.2) is 30.3 Å². The third-order valence-corrected chi connectivity index (χ3v) is 6.41. The smallest absolute Gasteiger partial charge is 0.250 e. The fourth-order valence-electron chi connectivity index (χ4n) is 4.57. The summed E-state index contributed by atoms with van der Waals surface area (Å²) in [5.74, 6) is -1.05. The van der Waals surface area contributed by atoms with Crippen LogP contribution in [0.4, 0.5) is 0 Å². The fourth-order valence-corrected chi connectivity index (χ4v) is 4.57. The lowest BCUT2D eigenvalue weighted by Gasteiger charge is -2.40. The van der Waals surface area contributed by atoms with Crippen molar-refractivity contribution in [2.75, 3.05) is 39.3 Å². The van der Waals surface area contributed by atoms with Gasteiger partial charge in [-0.15, -0.1) is 0 Å². The lowest BCUT2D eigenvalue weighted by atomic mass is 9.99. The molecule has 0 saturated carbocycles. The van der Waals surface area contributed by atoms with Gasteiger partial charge in [0, 0.05) is 52.0 Å². The average Bonchev–Trinajstić information content (AvgIpc) is 3.13. The van der Waals surface area contributed by atoms with Crippen molar-refractivity contribution in [3.05, 3.63) is 35.9 Å². The molecule has 3 heterocycles. The van der Waals surface area contributed by atoms with E-state index >= 15 is 0 Å². The largest absolute Gasteiger partial charge is 0.338 e. The summed E-state index contributed by atoms with van der Waals surface area (Å²) in [4.78, 5) is 68.3. The quantitative estimate of drug-likeness (QED) is 0.623. The molecule has 170 valence electrons. The molecule has 5 amide bonds. The number of likely N-dealkylation sites (tertiary alicyclic amines) is 2. The van der Waals surface area contributed by atoms with Gasteiger partial charge in [0.05, 0.1) is 0 Å². The van der Waals surface area contributed by atoms with Crippen molar-refractivity contribution < 1.29 is 24.0 Å². The molecule has 0 radical (unpaired) electrons. The van der Waals surface area contributed by atoms with Crippen LogP contribution >= 0.6 is 0 Å². The van der Waals surface area contributed by atoms with Gasteiger partial charge in [0.25, 0.3) is 0 Å². The van der Waals surface area contributed by atoms with E-state index in [1.165, 1.54) is 0 Å². The number of carbonyl (C=O) groups is 5. The first-order valence-corrected chi connectivity index (χ1v) is 11.2. The molecule has 0 aliphatic carbocycles. The second-order valence-corrected chi connectivity index (χ2v) is 8.44. The van der Waals surface area contributed by atoms with E-state index in [4.69, 9.17) is 0 Å². The highest BCUT2D eigenvalue weighted by atomic mass is 16.2. The van der Waals surface area contributed by atoms with Gasteiger partial charge in [0.15, 0.2) is 0 Å². The monoisotopic (exact) mass is 440 g/mol. The summed E-state index contributed by atoms with van der Waals surface area (Å²) < 4.78 is 0. The number of piperazine rings is 1. The molecule has 3 fully saturated rings. The van der Waals surface area contributed by atoms with E-state index in [2.05, 4.69) is 0 Å². The first kappa shape index (κ1) is 22.0. The third kappa shape index (κ3) is 4.51. The molecule has 32 heavy (non-hydrogen) atoms. The molecule has 0 spiro atoms. The SMILES string of the molecule is O=C(CN1C(=O)CCC1=O)N1CCN(C(=O)C(c2ccccc2)N2CCCCC2=O)CC1. The van der Waals surface area contributed by atoms with Crippen molar-refractivity contribution in [1.29, 1.82) is 0 Å². The molecule has 9 nitrogen and oxygen atoms in total. The van der Waals surface area contributed by atoms with Gasteiger partial charge >= 0.3 is 0 Å². The number of carbonyl (C=O) groups excluding carboxylic acids is 5. The maximum Gasteiger partial charge on any atom is 0.250 e. The van der Waals surface area contributed by atoms with Crippen molar-refractivity contribution in [3.63, 3.8) is 0 Å². The molecule has 4 rings (SSSR count). The van der Waals surface area contributed by atoms with E-state index in [9.17, 15) is 24.0 Å². The molecule has 0 aromatic heterocycles. The van der Waals surface area contributed by atoms with Gasteiger partial charge in [-0.3, -0.25) is 28.9 Å². The minimum absolute atomic E-state index is 0.00721. The molecular weight excluding hydrogens is 412 g/mol. The normalized spacial score (nSPS) is 20.7. The molecule has 1 unspecified atom stereocenters. The lowest BCUT2D eigenvalue weighted by molar-refractivity contribution is -0.151. The molecule has 3 saturated heterocycles. The molecule has 0 N–H and O–H groups in total. The Kier molecular flexibility index (Phi) is 6.53. The van der Waals surface area contributed by atoms with E-state index in [0.29, 0.717) is 39.1 Å². The number of piperidine rings is 1. The van der Waals surface area contributed by atoms with Crippen LogP contribution in [0.2, 0.25) is 0 Å². The topological polar surface area (TPSA) is 98.3 Å². The van der Waals surface area contributed by atoms with Crippen molar-refractivity contribution in [1.82, 2.24) is 19.6 Å². The van der Waals surface area contributed by atoms with Gasteiger partial charge in [-0.05, 0) is 18.4 Å². The van der Waals surface area contributed by atoms with Gasteiger partial charge in [0.1, 0.15) is 12.6 Å². The molecule has 3 aliphatic heterocycles. The Morgan fingerprint density at radius 1 is 0.750 bits per heavy atom. The van der Waals surface area contributed by atoms with Crippen molar-refractivity contribution in [3.8, 4) is 0 Å². The number of rotatable bonds is 5. The first-order valence-electron chi connectivity index (χ1n) is 11.2. The van der Waals surface area contributed by atoms with Crippen molar-refractivity contribution in [2.24, 2.45) is 0 Å². The van der Waals surface area contributed by atoms with Gasteiger partial charge in [-0.2, -0.15) is 0 Å². The van der Waals surface area contributed by atoms with Crippen LogP contribution in [0, 0.1) is 0 Å². The molecule has 9 heteroatoms. The second-order valence-electron chi connectivity index (χ2n) is 8.44. The molecule has 1 atom stereocenters. The second kappa shape index (κ2) is 9.50. The van der Waals surface area contributed by atoms with E-state index in [-0.39, 0.29) is 48.9 Å². The first-order chi connectivity index (χ1) is 15.5. The van der Waals surface area contributed by atoms with Crippen LogP contribution in [0.1, 0.15) is 43.7 Å². The molecular formula is C23H28N4O5. The number of amides is 5. The van der Waals surface area contributed by atoms with Crippen LogP contribution in [0.25, 0.3) is 0 Å². The van der Waals surface area contributed by atoms with Gasteiger partial charge in [0.2, 0.25) is 29.5 Å². The summed E-state index contributed by atoms with van der Waals surface area (Å²) in [7, 11) is 0. The van der Waals surface area contributed by atoms with E-state index in [1.54, 1.807) is 14.7 Å². The maximum atomic E-state index is 13.5. The van der Waals surface area contributed by atoms with Gasteiger partial charge in [-0.25, -0.2) is 0 Å². The number of hydrogen-bond donors (Lipinski definition) is 0. The van der Waals surface area contributed by atoms with E-state index in [1.807, 2.05) is 30.3 Å². The fraction of sp³-hybridized carbons (Fsp3) is 0.522. The predicted octanol–water partition coefficient (Wildman–Crippen LogP) is 0.560. The summed E-state index contributed by atoms with van der Waals surface area (Å²) in [5.41, 5.74) is 0.789. The number of hydrogen-bond acceptors (Lipinski definition) is 5. The van der Waals surface area contributed by atoms with Crippen LogP contribution in [0.5, 0.6) is 0 Å². The Balaban J connectivity index is 1.41. The maximum absolute atomic E-state index is 13.5. The van der Waals surface area contributed by atoms with Crippen molar-refractivity contribution >= 4 is 29.5 Å². The molecule has 1 aromatic carbocycles. The summed E-state index contributed by atoms with van der Waals surface area (Å²) in [5, 5.41) is 0. The molecule has 1 aromatic rings. The van der Waals surface area contributed by atoms with Crippen LogP contribution in [-0.2, 0) is 24.0 Å². The highest BCUT2D eigenvalue weighted by molar-refractivity contribution is 6.04. The highest BCUT2D eigenvalue weighted by Crippen LogP contribution is 2.28. The zero-order valence-electron chi connectivity index (χ0n) is 18.1. The minimum atomic E-state index is -0.661. The van der Waals surface area contributed by atoms with Crippen molar-refractivity contribution in [2.45, 2.75) is 38.1 Å². The number of nitrogens with zero attached hydrogens (tertiary/aromatic N) is 4. The standard InChI is InChI=1S/C23H28N4O5/c28-18-8-4-5-11-26(18)22(17-6-2-1-3-7-17)23(32)25-14-12-24(13-15-25)21(31)16-27-19(29)9-10-20(27)30/h1-3,6-7,22H,4-5,8-16H2. The lowest BCUT2D eigenvalue weighted by Crippen LogP contribution is -2.55. The van der Waals surface area contributed by atoms with E-state index < -0.39 is 6.04 Å². The summed E-state index contributed by atoms with van der Waals surface area (Å²) in [6, 6.07) is 8.68. The average molecular weight is 441 g/mol. The Hall–Kier alpha value is -3.23. The zero-order valence-corrected chi connectivity index (χ0v) is 18.1. The third-order valence-electron chi connectivity index (χ3n) is 6.41. The van der Waals surface area contributed by atoms with Crippen LogP contribution in [-0.4, -0.2) is 88.4 Å². The van der Waals surface area contributed by atoms with Gasteiger partial charge in [-0.1, -0.05) is 30.3 Å². The Morgan fingerprint density at radius 3 is 2.00 bits per heavy atom. The van der Waals surface area contributed by atoms with Crippen LogP contribution in [0.3, 0.4) is 0 Å². The highest BCUT2D eigenvalue weighted by Gasteiger charge is 2.37. The Morgan fingerprint density at radius 2 is 1.38 bits per heavy atom. The van der Waals surface area contributed by atoms with Crippen LogP contribution < -0.4 is 0 Å². The Labute approximate surface area is 186 Å². The summed E-state index contributed by atoms with van der Waals surface area (Å²) in [6.07, 6.45) is 2.48. The van der Waals surface area contributed by atoms with E-state index in [0.717, 1.165) is 23.3 Å². The van der Waals surface area contributed by atoms with Gasteiger partial charge < -0.3 is 14.7 Å². The molecule has 3 aliphatic rings. The minimum Gasteiger partial charge on any atom is -0.338 e. The summed E-state index contributed by atoms with van der Waals surface area (Å²) >= 11 is 0. The summed E-state index contributed by atoms with van der Waals surface area (Å²) in [6.45, 7) is 1.67. The number of benzene rings is 1. The molecule has 0 bridgehead atoms.